The largest absolute Gasteiger partial charge is 0.495 e. The van der Waals surface area contributed by atoms with Gasteiger partial charge in [0.1, 0.15) is 5.75 Å². The highest BCUT2D eigenvalue weighted by molar-refractivity contribution is 9.10. The van der Waals surface area contributed by atoms with Gasteiger partial charge in [0.2, 0.25) is 0 Å². The lowest BCUT2D eigenvalue weighted by Crippen LogP contribution is -2.31. The first-order valence-electron chi connectivity index (χ1n) is 7.04. The fourth-order valence-corrected chi connectivity index (χ4v) is 4.20. The van der Waals surface area contributed by atoms with Crippen LogP contribution in [-0.2, 0) is 10.0 Å². The SMILES string of the molecule is C=CCN(c1ccc(Br)c(C)c1)S(=O)(=O)c1ccc(OC)c(Cl)c1. The van der Waals surface area contributed by atoms with Gasteiger partial charge in [-0.1, -0.05) is 33.6 Å². The zero-order valence-electron chi connectivity index (χ0n) is 13.3. The molecule has 0 aliphatic rings. The molecule has 2 rings (SSSR count). The summed E-state index contributed by atoms with van der Waals surface area (Å²) in [4.78, 5) is 0.0933. The molecule has 0 atom stereocenters. The van der Waals surface area contributed by atoms with Crippen molar-refractivity contribution in [1.29, 1.82) is 0 Å². The molecule has 0 bridgehead atoms. The molecule has 7 heteroatoms. The summed E-state index contributed by atoms with van der Waals surface area (Å²) in [6, 6.07) is 9.75. The minimum Gasteiger partial charge on any atom is -0.495 e. The predicted molar refractivity (Wildman–Crippen MR) is 102 cm³/mol. The molecule has 0 aromatic heterocycles. The van der Waals surface area contributed by atoms with E-state index in [-0.39, 0.29) is 16.5 Å². The maximum Gasteiger partial charge on any atom is 0.264 e. The van der Waals surface area contributed by atoms with E-state index in [9.17, 15) is 8.42 Å². The second kappa shape index (κ2) is 7.59. The molecule has 0 spiro atoms. The summed E-state index contributed by atoms with van der Waals surface area (Å²) in [5.74, 6) is 0.422. The molecule has 0 radical (unpaired) electrons. The third kappa shape index (κ3) is 3.77. The van der Waals surface area contributed by atoms with E-state index in [2.05, 4.69) is 22.5 Å². The molecule has 24 heavy (non-hydrogen) atoms. The molecule has 0 heterocycles. The highest BCUT2D eigenvalue weighted by Crippen LogP contribution is 2.31. The van der Waals surface area contributed by atoms with Crippen LogP contribution in [0.1, 0.15) is 5.56 Å². The molecule has 4 nitrogen and oxygen atoms in total. The topological polar surface area (TPSA) is 46.6 Å². The van der Waals surface area contributed by atoms with E-state index in [1.807, 2.05) is 13.0 Å². The monoisotopic (exact) mass is 429 g/mol. The van der Waals surface area contributed by atoms with Crippen LogP contribution in [0.2, 0.25) is 5.02 Å². The number of rotatable bonds is 6. The smallest absolute Gasteiger partial charge is 0.264 e. The molecular formula is C17H17BrClNO3S. The van der Waals surface area contributed by atoms with Gasteiger partial charge in [-0.3, -0.25) is 4.31 Å². The number of hydrogen-bond acceptors (Lipinski definition) is 3. The molecule has 0 unspecified atom stereocenters. The van der Waals surface area contributed by atoms with Gasteiger partial charge < -0.3 is 4.74 Å². The van der Waals surface area contributed by atoms with Crippen molar-refractivity contribution in [3.05, 3.63) is 64.1 Å². The molecule has 128 valence electrons. The van der Waals surface area contributed by atoms with E-state index in [0.29, 0.717) is 11.4 Å². The van der Waals surface area contributed by atoms with Gasteiger partial charge in [-0.15, -0.1) is 6.58 Å². The molecule has 0 fully saturated rings. The average molecular weight is 431 g/mol. The molecule has 2 aromatic carbocycles. The van der Waals surface area contributed by atoms with Crippen LogP contribution in [0.4, 0.5) is 5.69 Å². The summed E-state index contributed by atoms with van der Waals surface area (Å²) in [5.41, 5.74) is 1.49. The number of ether oxygens (including phenoxy) is 1. The Bertz CT molecular complexity index is 868. The number of hydrogen-bond donors (Lipinski definition) is 0. The van der Waals surface area contributed by atoms with Crippen LogP contribution in [0.25, 0.3) is 0 Å². The summed E-state index contributed by atoms with van der Waals surface area (Å²) in [5, 5.41) is 0.240. The Morgan fingerprint density at radius 2 is 2.00 bits per heavy atom. The van der Waals surface area contributed by atoms with Crippen LogP contribution in [0.5, 0.6) is 5.75 Å². The van der Waals surface area contributed by atoms with Crippen molar-refractivity contribution in [3.8, 4) is 5.75 Å². The van der Waals surface area contributed by atoms with E-state index in [1.165, 1.54) is 29.6 Å². The summed E-state index contributed by atoms with van der Waals surface area (Å²) in [7, 11) is -2.31. The van der Waals surface area contributed by atoms with Crippen molar-refractivity contribution < 1.29 is 13.2 Å². The van der Waals surface area contributed by atoms with Crippen LogP contribution in [0, 0.1) is 6.92 Å². The number of sulfonamides is 1. The zero-order chi connectivity index (χ0) is 17.9. The number of methoxy groups -OCH3 is 1. The van der Waals surface area contributed by atoms with Gasteiger partial charge in [-0.2, -0.15) is 0 Å². The van der Waals surface area contributed by atoms with E-state index in [0.717, 1.165) is 10.0 Å². The fourth-order valence-electron chi connectivity index (χ4n) is 2.18. The number of halogens is 2. The van der Waals surface area contributed by atoms with E-state index in [1.54, 1.807) is 18.2 Å². The lowest BCUT2D eigenvalue weighted by atomic mass is 10.2. The molecule has 0 aliphatic heterocycles. The van der Waals surface area contributed by atoms with Crippen molar-refractivity contribution in [2.45, 2.75) is 11.8 Å². The van der Waals surface area contributed by atoms with E-state index < -0.39 is 10.0 Å². The second-order valence-electron chi connectivity index (χ2n) is 5.05. The average Bonchev–Trinajstić information content (AvgIpc) is 2.55. The number of benzene rings is 2. The van der Waals surface area contributed by atoms with Crippen molar-refractivity contribution in [1.82, 2.24) is 0 Å². The third-order valence-corrected chi connectivity index (χ3v) is 6.41. The third-order valence-electron chi connectivity index (χ3n) is 3.44. The zero-order valence-corrected chi connectivity index (χ0v) is 16.5. The molecule has 0 N–H and O–H groups in total. The predicted octanol–water partition coefficient (Wildman–Crippen LogP) is 4.80. The highest BCUT2D eigenvalue weighted by Gasteiger charge is 2.25. The number of nitrogens with zero attached hydrogens (tertiary/aromatic N) is 1. The van der Waals surface area contributed by atoms with Gasteiger partial charge in [-0.05, 0) is 48.9 Å². The lowest BCUT2D eigenvalue weighted by Gasteiger charge is -2.24. The summed E-state index contributed by atoms with van der Waals surface area (Å²) in [6.07, 6.45) is 1.54. The highest BCUT2D eigenvalue weighted by atomic mass is 79.9. The molecule has 0 amide bonds. The van der Waals surface area contributed by atoms with Crippen LogP contribution in [-0.4, -0.2) is 22.1 Å². The molecule has 0 aliphatic carbocycles. The van der Waals surface area contributed by atoms with Gasteiger partial charge in [-0.25, -0.2) is 8.42 Å². The summed E-state index contributed by atoms with van der Waals surface area (Å²) in [6.45, 7) is 5.70. The summed E-state index contributed by atoms with van der Waals surface area (Å²) >= 11 is 9.49. The Hall–Kier alpha value is -1.50. The summed E-state index contributed by atoms with van der Waals surface area (Å²) < 4.78 is 33.3. The standard InChI is InChI=1S/C17H17BrClNO3S/c1-4-9-20(13-5-7-15(18)12(2)10-13)24(21,22)14-6-8-17(23-3)16(19)11-14/h4-8,10-11H,1,9H2,2-3H3. The van der Waals surface area contributed by atoms with Gasteiger partial charge in [0.05, 0.1) is 29.3 Å². The Morgan fingerprint density at radius 3 is 2.54 bits per heavy atom. The Kier molecular flexibility index (Phi) is 5.96. The van der Waals surface area contributed by atoms with Crippen molar-refractivity contribution in [3.63, 3.8) is 0 Å². The molecule has 0 saturated heterocycles. The minimum absolute atomic E-state index is 0.0933. The Morgan fingerprint density at radius 1 is 1.29 bits per heavy atom. The molecule has 0 saturated carbocycles. The fraction of sp³-hybridized carbons (Fsp3) is 0.176. The van der Waals surface area contributed by atoms with Crippen molar-refractivity contribution >= 4 is 43.2 Å². The number of anilines is 1. The maximum absolute atomic E-state index is 13.0. The van der Waals surface area contributed by atoms with Crippen LogP contribution >= 0.6 is 27.5 Å². The van der Waals surface area contributed by atoms with E-state index >= 15 is 0 Å². The van der Waals surface area contributed by atoms with Crippen LogP contribution in [0.3, 0.4) is 0 Å². The van der Waals surface area contributed by atoms with Crippen molar-refractivity contribution in [2.24, 2.45) is 0 Å². The quantitative estimate of drug-likeness (QED) is 0.618. The normalized spacial score (nSPS) is 11.2. The first-order valence-corrected chi connectivity index (χ1v) is 9.65. The van der Waals surface area contributed by atoms with Gasteiger partial charge in [0.25, 0.3) is 10.0 Å². The van der Waals surface area contributed by atoms with Gasteiger partial charge in [0.15, 0.2) is 0 Å². The minimum atomic E-state index is -3.79. The second-order valence-corrected chi connectivity index (χ2v) is 8.18. The van der Waals surface area contributed by atoms with Crippen molar-refractivity contribution in [2.75, 3.05) is 18.0 Å². The first kappa shape index (κ1) is 18.8. The van der Waals surface area contributed by atoms with Crippen LogP contribution in [0.15, 0.2) is 58.4 Å². The number of aryl methyl sites for hydroxylation is 1. The Labute approximate surface area is 155 Å². The van der Waals surface area contributed by atoms with E-state index in [4.69, 9.17) is 16.3 Å². The molecule has 2 aromatic rings. The van der Waals surface area contributed by atoms with Gasteiger partial charge >= 0.3 is 0 Å². The van der Waals surface area contributed by atoms with Gasteiger partial charge in [0, 0.05) is 4.47 Å². The lowest BCUT2D eigenvalue weighted by molar-refractivity contribution is 0.414. The van der Waals surface area contributed by atoms with Crippen LogP contribution < -0.4 is 9.04 Å². The molecular weight excluding hydrogens is 414 g/mol. The first-order chi connectivity index (χ1) is 11.3. The maximum atomic E-state index is 13.0. The Balaban J connectivity index is 2.54.